The molecule has 3 aromatic carbocycles. The van der Waals surface area contributed by atoms with E-state index in [4.69, 9.17) is 4.74 Å². The number of methoxy groups -OCH3 is 1. The molecule has 0 radical (unpaired) electrons. The first-order valence-corrected chi connectivity index (χ1v) is 10.6. The van der Waals surface area contributed by atoms with Gasteiger partial charge in [0.2, 0.25) is 0 Å². The van der Waals surface area contributed by atoms with Crippen LogP contribution in [0.1, 0.15) is 46.2 Å². The van der Waals surface area contributed by atoms with Crippen molar-refractivity contribution >= 4 is 6.08 Å². The lowest BCUT2D eigenvalue weighted by Crippen LogP contribution is -1.98. The molecule has 0 aromatic heterocycles. The molecule has 0 atom stereocenters. The van der Waals surface area contributed by atoms with E-state index in [9.17, 15) is 0 Å². The van der Waals surface area contributed by atoms with Gasteiger partial charge in [0.15, 0.2) is 0 Å². The van der Waals surface area contributed by atoms with Crippen molar-refractivity contribution in [1.82, 2.24) is 0 Å². The first kappa shape index (κ1) is 21.1. The molecular formula is C28H32O. The van der Waals surface area contributed by atoms with Crippen LogP contribution >= 0.6 is 0 Å². The van der Waals surface area contributed by atoms with E-state index in [0.29, 0.717) is 6.61 Å². The van der Waals surface area contributed by atoms with Gasteiger partial charge < -0.3 is 4.74 Å². The highest BCUT2D eigenvalue weighted by molar-refractivity contribution is 5.47. The Labute approximate surface area is 176 Å². The summed E-state index contributed by atoms with van der Waals surface area (Å²) in [4.78, 5) is 0. The number of aryl methyl sites for hydroxylation is 4. The monoisotopic (exact) mass is 384 g/mol. The van der Waals surface area contributed by atoms with E-state index in [-0.39, 0.29) is 0 Å². The Morgan fingerprint density at radius 1 is 0.655 bits per heavy atom. The zero-order chi connectivity index (χ0) is 20.3. The highest BCUT2D eigenvalue weighted by Crippen LogP contribution is 2.16. The second kappa shape index (κ2) is 11.4. The van der Waals surface area contributed by atoms with Gasteiger partial charge in [0.1, 0.15) is 0 Å². The van der Waals surface area contributed by atoms with E-state index < -0.39 is 0 Å². The van der Waals surface area contributed by atoms with Gasteiger partial charge >= 0.3 is 0 Å². The van der Waals surface area contributed by atoms with Crippen LogP contribution in [0.2, 0.25) is 0 Å². The van der Waals surface area contributed by atoms with Crippen molar-refractivity contribution in [2.75, 3.05) is 7.11 Å². The molecule has 3 rings (SSSR count). The molecular weight excluding hydrogens is 352 g/mol. The summed E-state index contributed by atoms with van der Waals surface area (Å²) in [5.41, 5.74) is 8.14. The smallest absolute Gasteiger partial charge is 0.0715 e. The second-order valence-corrected chi connectivity index (χ2v) is 7.67. The van der Waals surface area contributed by atoms with Gasteiger partial charge in [-0.25, -0.2) is 0 Å². The van der Waals surface area contributed by atoms with Gasteiger partial charge in [0, 0.05) is 7.11 Å². The molecule has 29 heavy (non-hydrogen) atoms. The largest absolute Gasteiger partial charge is 0.380 e. The Kier molecular flexibility index (Phi) is 8.27. The fourth-order valence-electron chi connectivity index (χ4n) is 3.73. The Bertz CT molecular complexity index is 875. The van der Waals surface area contributed by atoms with Crippen LogP contribution in [0.15, 0.2) is 79.4 Å². The lowest BCUT2D eigenvalue weighted by molar-refractivity contribution is 0.184. The Morgan fingerprint density at radius 3 is 1.72 bits per heavy atom. The van der Waals surface area contributed by atoms with Gasteiger partial charge in [0.25, 0.3) is 0 Å². The lowest BCUT2D eigenvalue weighted by atomic mass is 9.98. The average Bonchev–Trinajstić information content (AvgIpc) is 2.77. The molecule has 0 aliphatic heterocycles. The maximum absolute atomic E-state index is 5.32. The minimum Gasteiger partial charge on any atom is -0.380 e. The highest BCUT2D eigenvalue weighted by atomic mass is 16.5. The number of unbranched alkanes of at least 4 members (excludes halogenated alkanes) is 1. The maximum atomic E-state index is 5.32. The SMILES string of the molecule is C=Cc1ccc(CCCCc2ccc(CCc3ccccc3COC)cc2)cc1. The van der Waals surface area contributed by atoms with E-state index >= 15 is 0 Å². The molecule has 0 saturated heterocycles. The molecule has 1 heteroatoms. The third-order valence-corrected chi connectivity index (χ3v) is 5.52. The molecule has 0 unspecified atom stereocenters. The van der Waals surface area contributed by atoms with E-state index in [1.807, 2.05) is 6.08 Å². The quantitative estimate of drug-likeness (QED) is 0.329. The van der Waals surface area contributed by atoms with Crippen molar-refractivity contribution in [3.63, 3.8) is 0 Å². The Morgan fingerprint density at radius 2 is 1.17 bits per heavy atom. The summed E-state index contributed by atoms with van der Waals surface area (Å²) < 4.78 is 5.32. The third-order valence-electron chi connectivity index (χ3n) is 5.52. The lowest BCUT2D eigenvalue weighted by Gasteiger charge is -2.09. The summed E-state index contributed by atoms with van der Waals surface area (Å²) in [6.45, 7) is 4.50. The van der Waals surface area contributed by atoms with Crippen LogP contribution in [0.3, 0.4) is 0 Å². The van der Waals surface area contributed by atoms with Gasteiger partial charge in [-0.15, -0.1) is 0 Å². The van der Waals surface area contributed by atoms with Crippen LogP contribution < -0.4 is 0 Å². The summed E-state index contributed by atoms with van der Waals surface area (Å²) in [5.74, 6) is 0. The van der Waals surface area contributed by atoms with E-state index in [1.165, 1.54) is 46.2 Å². The van der Waals surface area contributed by atoms with E-state index in [0.717, 1.165) is 25.7 Å². The molecule has 0 bridgehead atoms. The van der Waals surface area contributed by atoms with Crippen molar-refractivity contribution in [2.45, 2.75) is 45.1 Å². The van der Waals surface area contributed by atoms with Gasteiger partial charge in [-0.05, 0) is 71.9 Å². The zero-order valence-corrected chi connectivity index (χ0v) is 17.6. The molecule has 1 nitrogen and oxygen atoms in total. The summed E-state index contributed by atoms with van der Waals surface area (Å²) in [7, 11) is 1.76. The summed E-state index contributed by atoms with van der Waals surface area (Å²) in [5, 5.41) is 0. The van der Waals surface area contributed by atoms with Crippen LogP contribution in [0, 0.1) is 0 Å². The van der Waals surface area contributed by atoms with Crippen molar-refractivity contribution in [2.24, 2.45) is 0 Å². The summed E-state index contributed by atoms with van der Waals surface area (Å²) in [6.07, 6.45) is 8.79. The molecule has 0 saturated carbocycles. The van der Waals surface area contributed by atoms with Crippen LogP contribution in [0.25, 0.3) is 6.08 Å². The molecule has 0 heterocycles. The topological polar surface area (TPSA) is 9.23 Å². The van der Waals surface area contributed by atoms with E-state index in [1.54, 1.807) is 7.11 Å². The van der Waals surface area contributed by atoms with Crippen molar-refractivity contribution in [1.29, 1.82) is 0 Å². The zero-order valence-electron chi connectivity index (χ0n) is 17.6. The van der Waals surface area contributed by atoms with Crippen LogP contribution in [-0.4, -0.2) is 7.11 Å². The molecule has 3 aromatic rings. The van der Waals surface area contributed by atoms with Crippen molar-refractivity contribution in [3.8, 4) is 0 Å². The molecule has 0 amide bonds. The van der Waals surface area contributed by atoms with Crippen LogP contribution in [0.4, 0.5) is 0 Å². The van der Waals surface area contributed by atoms with Crippen LogP contribution in [0.5, 0.6) is 0 Å². The predicted octanol–water partition coefficient (Wildman–Crippen LogP) is 6.83. The molecule has 0 aliphatic rings. The normalized spacial score (nSPS) is 10.8. The van der Waals surface area contributed by atoms with Crippen molar-refractivity contribution in [3.05, 3.63) is 113 Å². The number of rotatable bonds is 11. The molecule has 0 N–H and O–H groups in total. The minimum absolute atomic E-state index is 0.688. The highest BCUT2D eigenvalue weighted by Gasteiger charge is 2.03. The summed E-state index contributed by atoms with van der Waals surface area (Å²) >= 11 is 0. The van der Waals surface area contributed by atoms with Crippen LogP contribution in [-0.2, 0) is 37.0 Å². The first-order valence-electron chi connectivity index (χ1n) is 10.6. The fourth-order valence-corrected chi connectivity index (χ4v) is 3.73. The molecule has 0 spiro atoms. The van der Waals surface area contributed by atoms with Gasteiger partial charge in [-0.1, -0.05) is 85.5 Å². The van der Waals surface area contributed by atoms with Gasteiger partial charge in [0.05, 0.1) is 6.61 Å². The number of hydrogen-bond acceptors (Lipinski definition) is 1. The second-order valence-electron chi connectivity index (χ2n) is 7.67. The average molecular weight is 385 g/mol. The number of ether oxygens (including phenoxy) is 1. The number of hydrogen-bond donors (Lipinski definition) is 0. The molecule has 0 fully saturated rings. The molecule has 150 valence electrons. The van der Waals surface area contributed by atoms with Gasteiger partial charge in [-0.2, -0.15) is 0 Å². The predicted molar refractivity (Wildman–Crippen MR) is 124 cm³/mol. The van der Waals surface area contributed by atoms with E-state index in [2.05, 4.69) is 79.4 Å². The number of benzene rings is 3. The minimum atomic E-state index is 0.688. The van der Waals surface area contributed by atoms with Gasteiger partial charge in [-0.3, -0.25) is 0 Å². The third kappa shape index (κ3) is 6.73. The maximum Gasteiger partial charge on any atom is 0.0715 e. The standard InChI is InChI=1S/C28H32O/c1-3-23-12-14-24(15-13-23)8-4-5-9-25-16-18-26(19-17-25)20-21-27-10-6-7-11-28(27)22-29-2/h3,6-7,10-19H,1,4-5,8-9,20-22H2,2H3. The molecule has 0 aliphatic carbocycles. The first-order chi connectivity index (χ1) is 14.3. The Hall–Kier alpha value is -2.64. The fraction of sp³-hybridized carbons (Fsp3) is 0.286. The van der Waals surface area contributed by atoms with Crippen molar-refractivity contribution < 1.29 is 4.74 Å². The summed E-state index contributed by atoms with van der Waals surface area (Å²) in [6, 6.07) is 26.5. The Balaban J connectivity index is 1.42.